The lowest BCUT2D eigenvalue weighted by Crippen LogP contribution is -2.24. The first-order valence-corrected chi connectivity index (χ1v) is 7.09. The minimum Gasteiger partial charge on any atom is -0.487 e. The maximum absolute atomic E-state index is 6.26. The molecule has 0 spiro atoms. The molecule has 2 heteroatoms. The van der Waals surface area contributed by atoms with E-state index in [0.29, 0.717) is 0 Å². The standard InChI is InChI=1S/C16H25NO/c1-4-5-6-7-14(17)12-8-9-15-13(10-12)11-16(2,3)18-15/h8-10,14H,4-7,11,17H2,1-3H3. The van der Waals surface area contributed by atoms with E-state index in [-0.39, 0.29) is 11.6 Å². The van der Waals surface area contributed by atoms with Crippen molar-refractivity contribution in [3.63, 3.8) is 0 Å². The van der Waals surface area contributed by atoms with Crippen LogP contribution in [-0.4, -0.2) is 5.60 Å². The number of benzene rings is 1. The average Bonchev–Trinajstić information content (AvgIpc) is 2.61. The molecular weight excluding hydrogens is 222 g/mol. The highest BCUT2D eigenvalue weighted by Gasteiger charge is 2.30. The summed E-state index contributed by atoms with van der Waals surface area (Å²) < 4.78 is 5.89. The van der Waals surface area contributed by atoms with Gasteiger partial charge in [0.1, 0.15) is 11.4 Å². The SMILES string of the molecule is CCCCCC(N)c1ccc2c(c1)CC(C)(C)O2. The highest BCUT2D eigenvalue weighted by atomic mass is 16.5. The molecule has 1 aliphatic rings. The summed E-state index contributed by atoms with van der Waals surface area (Å²) in [6.45, 7) is 6.49. The lowest BCUT2D eigenvalue weighted by Gasteiger charge is -2.16. The molecule has 0 saturated carbocycles. The topological polar surface area (TPSA) is 35.2 Å². The van der Waals surface area contributed by atoms with Gasteiger partial charge in [-0.2, -0.15) is 0 Å². The Kier molecular flexibility index (Phi) is 3.96. The molecule has 1 aliphatic heterocycles. The van der Waals surface area contributed by atoms with E-state index in [9.17, 15) is 0 Å². The highest BCUT2D eigenvalue weighted by Crippen LogP contribution is 2.36. The number of fused-ring (bicyclic) bond motifs is 1. The van der Waals surface area contributed by atoms with Crippen LogP contribution in [0.3, 0.4) is 0 Å². The number of ether oxygens (including phenoxy) is 1. The van der Waals surface area contributed by atoms with Crippen molar-refractivity contribution in [1.29, 1.82) is 0 Å². The highest BCUT2D eigenvalue weighted by molar-refractivity contribution is 5.42. The smallest absolute Gasteiger partial charge is 0.123 e. The second-order valence-electron chi connectivity index (χ2n) is 6.01. The lowest BCUT2D eigenvalue weighted by molar-refractivity contribution is 0.138. The van der Waals surface area contributed by atoms with E-state index in [1.54, 1.807) is 0 Å². The Balaban J connectivity index is 2.04. The zero-order valence-electron chi connectivity index (χ0n) is 11.8. The molecule has 0 aliphatic carbocycles. The fraction of sp³-hybridized carbons (Fsp3) is 0.625. The van der Waals surface area contributed by atoms with Gasteiger partial charge in [0.25, 0.3) is 0 Å². The molecule has 0 aromatic heterocycles. The Hall–Kier alpha value is -1.02. The minimum absolute atomic E-state index is 0.0622. The van der Waals surface area contributed by atoms with Gasteiger partial charge in [0.15, 0.2) is 0 Å². The van der Waals surface area contributed by atoms with Gasteiger partial charge in [-0.15, -0.1) is 0 Å². The molecule has 1 aromatic carbocycles. The largest absolute Gasteiger partial charge is 0.487 e. The second-order valence-corrected chi connectivity index (χ2v) is 6.01. The number of hydrogen-bond acceptors (Lipinski definition) is 2. The van der Waals surface area contributed by atoms with Gasteiger partial charge in [-0.25, -0.2) is 0 Å². The van der Waals surface area contributed by atoms with Crippen LogP contribution >= 0.6 is 0 Å². The predicted octanol–water partition coefficient (Wildman–Crippen LogP) is 3.98. The van der Waals surface area contributed by atoms with E-state index < -0.39 is 0 Å². The van der Waals surface area contributed by atoms with Gasteiger partial charge in [-0.1, -0.05) is 38.3 Å². The lowest BCUT2D eigenvalue weighted by atomic mass is 9.96. The van der Waals surface area contributed by atoms with Crippen molar-refractivity contribution in [1.82, 2.24) is 0 Å². The Morgan fingerprint density at radius 1 is 1.33 bits per heavy atom. The van der Waals surface area contributed by atoms with Crippen LogP contribution in [0.25, 0.3) is 0 Å². The molecular formula is C16H25NO. The normalized spacial score (nSPS) is 18.2. The van der Waals surface area contributed by atoms with E-state index in [4.69, 9.17) is 10.5 Å². The first-order valence-electron chi connectivity index (χ1n) is 7.09. The van der Waals surface area contributed by atoms with Gasteiger partial charge in [0.05, 0.1) is 0 Å². The third kappa shape index (κ3) is 3.05. The molecule has 0 radical (unpaired) electrons. The molecule has 0 fully saturated rings. The van der Waals surface area contributed by atoms with E-state index in [0.717, 1.165) is 18.6 Å². The van der Waals surface area contributed by atoms with Crippen LogP contribution in [0.15, 0.2) is 18.2 Å². The van der Waals surface area contributed by atoms with Crippen molar-refractivity contribution in [2.45, 2.75) is 64.5 Å². The maximum Gasteiger partial charge on any atom is 0.123 e. The summed E-state index contributed by atoms with van der Waals surface area (Å²) in [5, 5.41) is 0. The summed E-state index contributed by atoms with van der Waals surface area (Å²) in [5.74, 6) is 1.03. The first-order chi connectivity index (χ1) is 8.52. The van der Waals surface area contributed by atoms with Gasteiger partial charge in [0, 0.05) is 12.5 Å². The number of nitrogens with two attached hydrogens (primary N) is 1. The molecule has 1 unspecified atom stereocenters. The van der Waals surface area contributed by atoms with Crippen LogP contribution in [0.2, 0.25) is 0 Å². The summed E-state index contributed by atoms with van der Waals surface area (Å²) in [6.07, 6.45) is 5.80. The second kappa shape index (κ2) is 5.31. The summed E-state index contributed by atoms with van der Waals surface area (Å²) in [6, 6.07) is 6.61. The van der Waals surface area contributed by atoms with E-state index >= 15 is 0 Å². The van der Waals surface area contributed by atoms with Crippen molar-refractivity contribution in [3.05, 3.63) is 29.3 Å². The molecule has 2 rings (SSSR count). The summed E-state index contributed by atoms with van der Waals surface area (Å²) in [4.78, 5) is 0. The fourth-order valence-electron chi connectivity index (χ4n) is 2.64. The molecule has 2 N–H and O–H groups in total. The van der Waals surface area contributed by atoms with Gasteiger partial charge in [0.2, 0.25) is 0 Å². The Morgan fingerprint density at radius 2 is 2.11 bits per heavy atom. The van der Waals surface area contributed by atoms with Crippen LogP contribution in [0.4, 0.5) is 0 Å². The van der Waals surface area contributed by atoms with Crippen LogP contribution < -0.4 is 10.5 Å². The van der Waals surface area contributed by atoms with Crippen molar-refractivity contribution in [2.75, 3.05) is 0 Å². The van der Waals surface area contributed by atoms with E-state index in [2.05, 4.69) is 39.0 Å². The summed E-state index contributed by atoms with van der Waals surface area (Å²) in [7, 11) is 0. The zero-order chi connectivity index (χ0) is 13.2. The van der Waals surface area contributed by atoms with Crippen molar-refractivity contribution < 1.29 is 4.74 Å². The molecule has 1 heterocycles. The van der Waals surface area contributed by atoms with Crippen molar-refractivity contribution >= 4 is 0 Å². The van der Waals surface area contributed by atoms with E-state index in [1.807, 2.05) is 0 Å². The third-order valence-corrected chi connectivity index (χ3v) is 3.63. The van der Waals surface area contributed by atoms with Crippen molar-refractivity contribution in [3.8, 4) is 5.75 Å². The minimum atomic E-state index is -0.0622. The molecule has 1 aromatic rings. The first kappa shape index (κ1) is 13.4. The maximum atomic E-state index is 6.26. The molecule has 0 bridgehead atoms. The van der Waals surface area contributed by atoms with Crippen LogP contribution in [-0.2, 0) is 6.42 Å². The zero-order valence-corrected chi connectivity index (χ0v) is 11.8. The average molecular weight is 247 g/mol. The molecule has 0 saturated heterocycles. The molecule has 18 heavy (non-hydrogen) atoms. The van der Waals surface area contributed by atoms with Gasteiger partial charge in [-0.3, -0.25) is 0 Å². The summed E-state index contributed by atoms with van der Waals surface area (Å²) in [5.41, 5.74) is 8.76. The molecule has 2 nitrogen and oxygen atoms in total. The van der Waals surface area contributed by atoms with E-state index in [1.165, 1.54) is 30.4 Å². The predicted molar refractivity (Wildman–Crippen MR) is 75.9 cm³/mol. The monoisotopic (exact) mass is 247 g/mol. The summed E-state index contributed by atoms with van der Waals surface area (Å²) >= 11 is 0. The fourth-order valence-corrected chi connectivity index (χ4v) is 2.64. The number of rotatable bonds is 5. The van der Waals surface area contributed by atoms with Gasteiger partial charge in [-0.05, 0) is 37.5 Å². The molecule has 100 valence electrons. The van der Waals surface area contributed by atoms with Crippen LogP contribution in [0, 0.1) is 0 Å². The molecule has 0 amide bonds. The van der Waals surface area contributed by atoms with Crippen molar-refractivity contribution in [2.24, 2.45) is 5.73 Å². The Bertz CT molecular complexity index is 412. The number of hydrogen-bond donors (Lipinski definition) is 1. The van der Waals surface area contributed by atoms with Gasteiger partial charge < -0.3 is 10.5 Å². The van der Waals surface area contributed by atoms with Crippen LogP contribution in [0.1, 0.15) is 63.6 Å². The third-order valence-electron chi connectivity index (χ3n) is 3.63. The number of unbranched alkanes of at least 4 members (excludes halogenated alkanes) is 2. The molecule has 1 atom stereocenters. The Morgan fingerprint density at radius 3 is 2.83 bits per heavy atom. The Labute approximate surface area is 111 Å². The van der Waals surface area contributed by atoms with Gasteiger partial charge >= 0.3 is 0 Å². The quantitative estimate of drug-likeness (QED) is 0.799. The van der Waals surface area contributed by atoms with Crippen LogP contribution in [0.5, 0.6) is 5.75 Å².